The molecule has 2 aliphatic rings. The van der Waals surface area contributed by atoms with Crippen LogP contribution in [-0.2, 0) is 16.1 Å². The van der Waals surface area contributed by atoms with Crippen molar-refractivity contribution in [3.8, 4) is 0 Å². The normalized spacial score (nSPS) is 23.8. The molecule has 0 aliphatic carbocycles. The molecule has 5 heteroatoms. The molecule has 3 heterocycles. The summed E-state index contributed by atoms with van der Waals surface area (Å²) in [6, 6.07) is 4.03. The molecule has 3 rings (SSSR count). The standard InChI is InChI=1S/C22H31N3O2/c1-2-3-4-5-6-7-10-19-14-21(26)25(22(19)27)20-11-13-24(17-20)16-18-9-8-12-23-15-18/h6-9,12,15,19-20H,2-5,10-11,13-14,16-17H2,1H3. The molecule has 0 saturated carbocycles. The third kappa shape index (κ3) is 5.25. The lowest BCUT2D eigenvalue weighted by atomic mass is 10.0. The second kappa shape index (κ2) is 9.79. The number of allylic oxidation sites excluding steroid dienone is 2. The number of carbonyl (C=O) groups excluding carboxylic acids is 2. The van der Waals surface area contributed by atoms with E-state index in [9.17, 15) is 9.59 Å². The van der Waals surface area contributed by atoms with E-state index in [0.29, 0.717) is 12.8 Å². The van der Waals surface area contributed by atoms with Gasteiger partial charge >= 0.3 is 0 Å². The Morgan fingerprint density at radius 2 is 2.15 bits per heavy atom. The predicted octanol–water partition coefficient (Wildman–Crippen LogP) is 3.56. The fraction of sp³-hybridized carbons (Fsp3) is 0.591. The summed E-state index contributed by atoms with van der Waals surface area (Å²) in [7, 11) is 0. The highest BCUT2D eigenvalue weighted by atomic mass is 16.2. The highest BCUT2D eigenvalue weighted by Gasteiger charge is 2.43. The van der Waals surface area contributed by atoms with Crippen molar-refractivity contribution in [2.45, 2.75) is 64.5 Å². The van der Waals surface area contributed by atoms with Gasteiger partial charge in [-0.2, -0.15) is 0 Å². The van der Waals surface area contributed by atoms with Gasteiger partial charge < -0.3 is 0 Å². The van der Waals surface area contributed by atoms with Gasteiger partial charge in [0.15, 0.2) is 0 Å². The minimum absolute atomic E-state index is 0.0117. The van der Waals surface area contributed by atoms with E-state index >= 15 is 0 Å². The van der Waals surface area contributed by atoms with Crippen LogP contribution in [0.1, 0.15) is 57.4 Å². The molecular weight excluding hydrogens is 338 g/mol. The number of aromatic nitrogens is 1. The molecular formula is C22H31N3O2. The first kappa shape index (κ1) is 19.7. The largest absolute Gasteiger partial charge is 0.297 e. The summed E-state index contributed by atoms with van der Waals surface area (Å²) in [6.45, 7) is 4.71. The number of rotatable bonds is 9. The van der Waals surface area contributed by atoms with Gasteiger partial charge in [0.05, 0.1) is 12.0 Å². The minimum atomic E-state index is -0.160. The van der Waals surface area contributed by atoms with E-state index in [1.54, 1.807) is 11.1 Å². The topological polar surface area (TPSA) is 53.5 Å². The van der Waals surface area contributed by atoms with E-state index in [-0.39, 0.29) is 23.8 Å². The van der Waals surface area contributed by atoms with Gasteiger partial charge in [0.2, 0.25) is 11.8 Å². The molecule has 0 spiro atoms. The lowest BCUT2D eigenvalue weighted by Crippen LogP contribution is -2.41. The van der Waals surface area contributed by atoms with Gasteiger partial charge in [-0.05, 0) is 37.3 Å². The van der Waals surface area contributed by atoms with Crippen molar-refractivity contribution in [2.75, 3.05) is 13.1 Å². The SMILES string of the molecule is CCCCCC=CCC1CC(=O)N(C2CCN(Cc3cccnc3)C2)C1=O. The zero-order chi connectivity index (χ0) is 19.1. The van der Waals surface area contributed by atoms with Crippen LogP contribution in [0.25, 0.3) is 0 Å². The summed E-state index contributed by atoms with van der Waals surface area (Å²) in [4.78, 5) is 33.3. The smallest absolute Gasteiger partial charge is 0.233 e. The lowest BCUT2D eigenvalue weighted by molar-refractivity contribution is -0.141. The van der Waals surface area contributed by atoms with E-state index in [0.717, 1.165) is 32.5 Å². The molecule has 2 amide bonds. The molecule has 0 N–H and O–H groups in total. The summed E-state index contributed by atoms with van der Waals surface area (Å²) in [6.07, 6.45) is 14.6. The molecule has 0 radical (unpaired) electrons. The average Bonchev–Trinajstić information content (AvgIpc) is 3.23. The summed E-state index contributed by atoms with van der Waals surface area (Å²) in [5, 5.41) is 0. The predicted molar refractivity (Wildman–Crippen MR) is 106 cm³/mol. The number of hydrogen-bond donors (Lipinski definition) is 0. The van der Waals surface area contributed by atoms with E-state index in [1.807, 2.05) is 12.3 Å². The fourth-order valence-corrected chi connectivity index (χ4v) is 4.09. The maximum absolute atomic E-state index is 12.8. The molecule has 1 aromatic rings. The molecule has 1 aromatic heterocycles. The Hall–Kier alpha value is -2.01. The lowest BCUT2D eigenvalue weighted by Gasteiger charge is -2.23. The molecule has 27 heavy (non-hydrogen) atoms. The van der Waals surface area contributed by atoms with Crippen LogP contribution in [0, 0.1) is 5.92 Å². The average molecular weight is 370 g/mol. The molecule has 0 bridgehead atoms. The fourth-order valence-electron chi connectivity index (χ4n) is 4.09. The third-order valence-electron chi connectivity index (χ3n) is 5.58. The van der Waals surface area contributed by atoms with Crippen LogP contribution in [0.3, 0.4) is 0 Å². The van der Waals surface area contributed by atoms with Crippen LogP contribution in [-0.4, -0.2) is 45.7 Å². The number of hydrogen-bond acceptors (Lipinski definition) is 4. The monoisotopic (exact) mass is 369 g/mol. The van der Waals surface area contributed by atoms with Gasteiger partial charge in [0.25, 0.3) is 0 Å². The van der Waals surface area contributed by atoms with Crippen LogP contribution in [0.5, 0.6) is 0 Å². The van der Waals surface area contributed by atoms with Crippen molar-refractivity contribution in [1.29, 1.82) is 0 Å². The quantitative estimate of drug-likeness (QED) is 0.379. The summed E-state index contributed by atoms with van der Waals surface area (Å²) in [5.41, 5.74) is 1.17. The molecule has 2 fully saturated rings. The van der Waals surface area contributed by atoms with Crippen LogP contribution >= 0.6 is 0 Å². The Bertz CT molecular complexity index is 659. The maximum atomic E-state index is 12.8. The number of carbonyl (C=O) groups is 2. The molecule has 5 nitrogen and oxygen atoms in total. The van der Waals surface area contributed by atoms with Crippen LogP contribution in [0.15, 0.2) is 36.7 Å². The molecule has 2 saturated heterocycles. The molecule has 2 aliphatic heterocycles. The van der Waals surface area contributed by atoms with E-state index in [1.165, 1.54) is 24.8 Å². The van der Waals surface area contributed by atoms with Gasteiger partial charge in [0.1, 0.15) is 0 Å². The Balaban J connectivity index is 1.48. The van der Waals surface area contributed by atoms with Gasteiger partial charge in [0, 0.05) is 38.4 Å². The van der Waals surface area contributed by atoms with Crippen molar-refractivity contribution in [1.82, 2.24) is 14.8 Å². The highest BCUT2D eigenvalue weighted by molar-refractivity contribution is 6.04. The zero-order valence-electron chi connectivity index (χ0n) is 16.3. The van der Waals surface area contributed by atoms with E-state index < -0.39 is 0 Å². The number of imide groups is 1. The van der Waals surface area contributed by atoms with Crippen molar-refractivity contribution in [2.24, 2.45) is 5.92 Å². The molecule has 146 valence electrons. The number of nitrogens with zero attached hydrogens (tertiary/aromatic N) is 3. The number of likely N-dealkylation sites (tertiary alicyclic amines) is 2. The van der Waals surface area contributed by atoms with Crippen molar-refractivity contribution in [3.05, 3.63) is 42.2 Å². The second-order valence-corrected chi connectivity index (χ2v) is 7.74. The van der Waals surface area contributed by atoms with Gasteiger partial charge in [-0.3, -0.25) is 24.4 Å². The van der Waals surface area contributed by atoms with Gasteiger partial charge in [-0.1, -0.05) is 38.0 Å². The highest BCUT2D eigenvalue weighted by Crippen LogP contribution is 2.29. The minimum Gasteiger partial charge on any atom is -0.297 e. The van der Waals surface area contributed by atoms with E-state index in [4.69, 9.17) is 0 Å². The van der Waals surface area contributed by atoms with Gasteiger partial charge in [-0.25, -0.2) is 0 Å². The first-order chi connectivity index (χ1) is 13.2. The first-order valence-corrected chi connectivity index (χ1v) is 10.3. The summed E-state index contributed by atoms with van der Waals surface area (Å²) >= 11 is 0. The van der Waals surface area contributed by atoms with Crippen molar-refractivity contribution >= 4 is 11.8 Å². The van der Waals surface area contributed by atoms with Crippen molar-refractivity contribution in [3.63, 3.8) is 0 Å². The van der Waals surface area contributed by atoms with Crippen molar-refractivity contribution < 1.29 is 9.59 Å². The van der Waals surface area contributed by atoms with E-state index in [2.05, 4.69) is 35.0 Å². The number of pyridine rings is 1. The molecule has 2 unspecified atom stereocenters. The Morgan fingerprint density at radius 3 is 2.93 bits per heavy atom. The Morgan fingerprint density at radius 1 is 1.26 bits per heavy atom. The van der Waals surface area contributed by atoms with Crippen LogP contribution in [0.2, 0.25) is 0 Å². The maximum Gasteiger partial charge on any atom is 0.233 e. The Kier molecular flexibility index (Phi) is 7.16. The number of amides is 2. The first-order valence-electron chi connectivity index (χ1n) is 10.3. The second-order valence-electron chi connectivity index (χ2n) is 7.74. The molecule has 0 aromatic carbocycles. The zero-order valence-corrected chi connectivity index (χ0v) is 16.3. The number of unbranched alkanes of at least 4 members (excludes halogenated alkanes) is 3. The summed E-state index contributed by atoms with van der Waals surface area (Å²) < 4.78 is 0. The van der Waals surface area contributed by atoms with Crippen LogP contribution in [0.4, 0.5) is 0 Å². The van der Waals surface area contributed by atoms with Crippen LogP contribution < -0.4 is 0 Å². The summed E-state index contributed by atoms with van der Waals surface area (Å²) in [5.74, 6) is -0.114. The third-order valence-corrected chi connectivity index (χ3v) is 5.58. The molecule has 2 atom stereocenters. The van der Waals surface area contributed by atoms with Gasteiger partial charge in [-0.15, -0.1) is 0 Å². The Labute approximate surface area is 162 Å².